The molecule has 0 atom stereocenters. The van der Waals surface area contributed by atoms with Crippen LogP contribution in [-0.2, 0) is 9.84 Å². The van der Waals surface area contributed by atoms with Crippen molar-refractivity contribution >= 4 is 75.5 Å². The molecule has 1 aromatic carbocycles. The summed E-state index contributed by atoms with van der Waals surface area (Å²) in [5, 5.41) is 27.1. The highest BCUT2D eigenvalue weighted by Gasteiger charge is 2.43. The molecule has 1 aromatic rings. The van der Waals surface area contributed by atoms with E-state index in [1.807, 2.05) is 0 Å². The monoisotopic (exact) mass is 522 g/mol. The van der Waals surface area contributed by atoms with Gasteiger partial charge in [-0.15, -0.1) is 0 Å². The maximum Gasteiger partial charge on any atom is 0.337 e. The Morgan fingerprint density at radius 3 is 1.45 bits per heavy atom. The van der Waals surface area contributed by atoms with Crippen LogP contribution in [0.5, 0.6) is 0 Å². The molecule has 0 aliphatic rings. The molecular weight excluding hydrogens is 520 g/mol. The number of carbonyl (C=O) groups is 3. The number of carboxylic acids is 3. The molecule has 0 unspecified atom stereocenters. The summed E-state index contributed by atoms with van der Waals surface area (Å²) in [6.45, 7) is 0. The Morgan fingerprint density at radius 1 is 0.864 bits per heavy atom. The van der Waals surface area contributed by atoms with E-state index < -0.39 is 50.8 Å². The lowest BCUT2D eigenvalue weighted by molar-refractivity contribution is 0.0689. The zero-order chi connectivity index (χ0) is 17.5. The van der Waals surface area contributed by atoms with Crippen LogP contribution in [-0.4, -0.2) is 43.1 Å². The highest BCUT2D eigenvalue weighted by Crippen LogP contribution is 2.45. The molecule has 0 heterocycles. The summed E-state index contributed by atoms with van der Waals surface area (Å²) in [5.41, 5.74) is -2.61. The van der Waals surface area contributed by atoms with Crippen molar-refractivity contribution in [1.29, 1.82) is 0 Å². The van der Waals surface area contributed by atoms with E-state index in [0.29, 0.717) is 12.1 Å². The molecule has 0 amide bonds. The lowest BCUT2D eigenvalue weighted by Gasteiger charge is -2.18. The minimum atomic E-state index is -4.57. The number of carboxylic acid groups (broad SMARTS) is 3. The summed E-state index contributed by atoms with van der Waals surface area (Å²) >= 11 is 8.08. The molecule has 0 aliphatic heterocycles. The fraction of sp³-hybridized carbons (Fsp3) is 0.100. The number of hydrogen-bond donors (Lipinski definition) is 3. The molecule has 12 heteroatoms. The third kappa shape index (κ3) is 3.50. The first-order valence-electron chi connectivity index (χ1n) is 5.00. The molecule has 0 bridgehead atoms. The van der Waals surface area contributed by atoms with Gasteiger partial charge in [-0.25, -0.2) is 22.8 Å². The highest BCUT2D eigenvalue weighted by molar-refractivity contribution is 9.42. The zero-order valence-corrected chi connectivity index (χ0v) is 15.7. The van der Waals surface area contributed by atoms with Crippen LogP contribution >= 0.6 is 47.8 Å². The van der Waals surface area contributed by atoms with Gasteiger partial charge in [-0.1, -0.05) is 0 Å². The number of rotatable bonds is 4. The fourth-order valence-electron chi connectivity index (χ4n) is 1.48. The van der Waals surface area contributed by atoms with E-state index in [-0.39, 0.29) is 0 Å². The Hall–Kier alpha value is -0.980. The van der Waals surface area contributed by atoms with Crippen LogP contribution < -0.4 is 0 Å². The lowest BCUT2D eigenvalue weighted by Crippen LogP contribution is -2.24. The van der Waals surface area contributed by atoms with Crippen molar-refractivity contribution in [3.05, 3.63) is 28.8 Å². The van der Waals surface area contributed by atoms with Gasteiger partial charge in [0.2, 0.25) is 11.3 Å². The smallest absolute Gasteiger partial charge is 0.337 e. The van der Waals surface area contributed by atoms with Crippen LogP contribution in [0.1, 0.15) is 31.1 Å². The van der Waals surface area contributed by atoms with E-state index in [9.17, 15) is 22.8 Å². The Bertz CT molecular complexity index is 743. The summed E-state index contributed by atoms with van der Waals surface area (Å²) in [5.74, 6) is -5.18. The number of aromatic carboxylic acids is 3. The largest absolute Gasteiger partial charge is 0.478 e. The summed E-state index contributed by atoms with van der Waals surface area (Å²) in [6, 6.07) is 1.14. The van der Waals surface area contributed by atoms with Gasteiger partial charge >= 0.3 is 17.9 Å². The number of sulfone groups is 1. The van der Waals surface area contributed by atoms with Gasteiger partial charge in [0.15, 0.2) is 0 Å². The van der Waals surface area contributed by atoms with E-state index in [1.54, 1.807) is 0 Å². The quantitative estimate of drug-likeness (QED) is 0.509. The van der Waals surface area contributed by atoms with Crippen LogP contribution in [0.2, 0.25) is 0 Å². The normalized spacial score (nSPS) is 12.0. The average Bonchev–Trinajstić information content (AvgIpc) is 2.35. The van der Waals surface area contributed by atoms with Crippen molar-refractivity contribution in [2.45, 2.75) is 6.37 Å². The first-order valence-corrected chi connectivity index (χ1v) is 8.86. The van der Waals surface area contributed by atoms with Crippen molar-refractivity contribution in [3.8, 4) is 0 Å². The molecule has 0 fully saturated rings. The predicted molar refractivity (Wildman–Crippen MR) is 84.0 cm³/mol. The molecule has 0 saturated carbocycles. The maximum atomic E-state index is 12.4. The standard InChI is InChI=1S/C10H5Br3O8S/c11-10(12,13)22(20,21)6-4(8(16)17)1-3(7(14)15)2-5(6)9(18)19/h1-2H,(H,14,15)(H,16,17)(H,18,19). The van der Waals surface area contributed by atoms with Gasteiger partial charge in [-0.2, -0.15) is 0 Å². The Labute approximate surface area is 148 Å². The van der Waals surface area contributed by atoms with E-state index in [4.69, 9.17) is 15.3 Å². The van der Waals surface area contributed by atoms with Crippen LogP contribution in [0.4, 0.5) is 0 Å². The Kier molecular flexibility index (Phi) is 5.42. The van der Waals surface area contributed by atoms with Crippen LogP contribution in [0.25, 0.3) is 0 Å². The van der Waals surface area contributed by atoms with Crippen molar-refractivity contribution in [2.24, 2.45) is 0 Å². The van der Waals surface area contributed by atoms with Crippen molar-refractivity contribution in [1.82, 2.24) is 0 Å². The van der Waals surface area contributed by atoms with E-state index in [2.05, 4.69) is 47.8 Å². The molecule has 0 aliphatic carbocycles. The Balaban J connectivity index is 4.03. The van der Waals surface area contributed by atoms with E-state index in [1.165, 1.54) is 0 Å². The maximum absolute atomic E-state index is 12.4. The molecule has 0 spiro atoms. The minimum absolute atomic E-state index is 0.572. The summed E-state index contributed by atoms with van der Waals surface area (Å²) in [6.07, 6.45) is 0. The molecule has 0 radical (unpaired) electrons. The van der Waals surface area contributed by atoms with Gasteiger partial charge in [0.1, 0.15) is 0 Å². The van der Waals surface area contributed by atoms with E-state index >= 15 is 0 Å². The molecule has 8 nitrogen and oxygen atoms in total. The second kappa shape index (κ2) is 6.26. The summed E-state index contributed by atoms with van der Waals surface area (Å²) in [7, 11) is -4.57. The molecular formula is C10H5Br3O8S. The first kappa shape index (κ1) is 19.1. The van der Waals surface area contributed by atoms with Gasteiger partial charge in [-0.05, 0) is 59.9 Å². The van der Waals surface area contributed by atoms with Crippen LogP contribution in [0, 0.1) is 0 Å². The summed E-state index contributed by atoms with van der Waals surface area (Å²) in [4.78, 5) is 32.4. The lowest BCUT2D eigenvalue weighted by atomic mass is 10.1. The number of benzene rings is 1. The van der Waals surface area contributed by atoms with Crippen LogP contribution in [0.15, 0.2) is 17.0 Å². The number of alkyl halides is 3. The van der Waals surface area contributed by atoms with Gasteiger partial charge < -0.3 is 15.3 Å². The topological polar surface area (TPSA) is 146 Å². The minimum Gasteiger partial charge on any atom is -0.478 e. The van der Waals surface area contributed by atoms with Gasteiger partial charge in [0.05, 0.1) is 21.6 Å². The SMILES string of the molecule is O=C(O)c1cc(C(=O)O)c(S(=O)(=O)C(Br)(Br)Br)c(C(=O)O)c1. The second-order valence-corrected chi connectivity index (χ2v) is 14.1. The van der Waals surface area contributed by atoms with Crippen molar-refractivity contribution < 1.29 is 38.1 Å². The van der Waals surface area contributed by atoms with Gasteiger partial charge in [0.25, 0.3) is 0 Å². The first-order chi connectivity index (χ1) is 9.80. The fourth-order valence-corrected chi connectivity index (χ4v) is 4.04. The molecule has 3 N–H and O–H groups in total. The molecule has 120 valence electrons. The number of hydrogen-bond acceptors (Lipinski definition) is 5. The molecule has 0 aromatic heterocycles. The molecule has 0 saturated heterocycles. The van der Waals surface area contributed by atoms with Gasteiger partial charge in [0, 0.05) is 0 Å². The predicted octanol–water partition coefficient (Wildman–Crippen LogP) is 2.35. The average molecular weight is 525 g/mol. The molecule has 1 rings (SSSR count). The second-order valence-electron chi connectivity index (χ2n) is 3.77. The number of halogens is 3. The van der Waals surface area contributed by atoms with E-state index in [0.717, 1.165) is 0 Å². The summed E-state index contributed by atoms with van der Waals surface area (Å²) < 4.78 is 22.7. The molecule has 22 heavy (non-hydrogen) atoms. The third-order valence-corrected chi connectivity index (χ3v) is 7.79. The zero-order valence-electron chi connectivity index (χ0n) is 10.1. The third-order valence-electron chi connectivity index (χ3n) is 2.37. The Morgan fingerprint density at radius 2 is 1.23 bits per heavy atom. The highest BCUT2D eigenvalue weighted by atomic mass is 80.0. The van der Waals surface area contributed by atoms with Gasteiger partial charge in [-0.3, -0.25) is 0 Å². The van der Waals surface area contributed by atoms with Crippen molar-refractivity contribution in [3.63, 3.8) is 0 Å². The van der Waals surface area contributed by atoms with Crippen LogP contribution in [0.3, 0.4) is 0 Å². The van der Waals surface area contributed by atoms with Crippen molar-refractivity contribution in [2.75, 3.05) is 0 Å².